The highest BCUT2D eigenvalue weighted by Gasteiger charge is 2.06. The minimum atomic E-state index is -1.75. The molecule has 94 valence electrons. The fourth-order valence-corrected chi connectivity index (χ4v) is 1.51. The lowest BCUT2D eigenvalue weighted by Gasteiger charge is -2.05. The second kappa shape index (κ2) is 6.36. The van der Waals surface area contributed by atoms with Crippen LogP contribution in [0.4, 0.5) is 0 Å². The van der Waals surface area contributed by atoms with Crippen LogP contribution >= 0.6 is 0 Å². The maximum Gasteiger partial charge on any atom is 0.338 e. The number of ether oxygens (including phenoxy) is 1. The number of hydrogen-bond acceptors (Lipinski definition) is 3. The van der Waals surface area contributed by atoms with Crippen molar-refractivity contribution in [2.24, 2.45) is 0 Å². The van der Waals surface area contributed by atoms with Crippen LogP contribution in [0.25, 0.3) is 0 Å². The van der Waals surface area contributed by atoms with Gasteiger partial charge in [-0.15, -0.1) is 0 Å². The Morgan fingerprint density at radius 1 is 1.16 bits per heavy atom. The smallest absolute Gasteiger partial charge is 0.338 e. The Labute approximate surface area is 114 Å². The van der Waals surface area contributed by atoms with Crippen LogP contribution in [-0.4, -0.2) is 12.6 Å². The van der Waals surface area contributed by atoms with Gasteiger partial charge in [0.1, 0.15) is 0 Å². The van der Waals surface area contributed by atoms with Gasteiger partial charge in [0, 0.05) is 9.11 Å². The molecule has 0 bridgehead atoms. The highest BCUT2D eigenvalue weighted by Crippen LogP contribution is 2.06. The van der Waals surface area contributed by atoms with Crippen molar-refractivity contribution in [3.63, 3.8) is 0 Å². The Morgan fingerprint density at radius 2 is 1.84 bits per heavy atom. The number of carbonyl (C=O) groups excluding carboxylic acids is 1. The summed E-state index contributed by atoms with van der Waals surface area (Å²) >= 11 is 0. The maximum absolute atomic E-state index is 11.9. The van der Waals surface area contributed by atoms with E-state index in [1.54, 1.807) is 30.3 Å². The quantitative estimate of drug-likeness (QED) is 0.787. The molecule has 0 atom stereocenters. The number of nitrogens with zero attached hydrogens (tertiary/aromatic N) is 1. The van der Waals surface area contributed by atoms with Gasteiger partial charge < -0.3 is 4.74 Å². The summed E-state index contributed by atoms with van der Waals surface area (Å²) in [5.41, 5.74) is 1.20. The molecule has 0 spiro atoms. The minimum Gasteiger partial charge on any atom is -0.462 e. The lowest BCUT2D eigenvalue weighted by atomic mass is 10.1. The number of benzene rings is 2. The van der Waals surface area contributed by atoms with Crippen LogP contribution in [0.3, 0.4) is 0 Å². The molecule has 0 aromatic heterocycles. The van der Waals surface area contributed by atoms with Crippen LogP contribution in [0.1, 0.15) is 24.2 Å². The summed E-state index contributed by atoms with van der Waals surface area (Å²) in [6.45, 7) is -0.365. The van der Waals surface area contributed by atoms with Gasteiger partial charge in [-0.05, 0) is 29.8 Å². The molecule has 0 aliphatic heterocycles. The van der Waals surface area contributed by atoms with Crippen LogP contribution in [0, 0.1) is 11.3 Å². The molecule has 0 fully saturated rings. The fraction of sp³-hybridized carbons (Fsp3) is 0.125. The monoisotopic (exact) mass is 253 g/mol. The average molecular weight is 253 g/mol. The fourth-order valence-electron chi connectivity index (χ4n) is 1.51. The standard InChI is InChI=1S/C16H13NO2/c17-12-14-6-8-15(9-7-14)16(18)19-11-10-13-4-2-1-3-5-13/h1-9H,10-11H2/i10D2. The number of nitriles is 1. The Kier molecular flexibility index (Phi) is 3.46. The summed E-state index contributed by atoms with van der Waals surface area (Å²) < 4.78 is 20.9. The minimum absolute atomic E-state index is 0.290. The van der Waals surface area contributed by atoms with E-state index in [-0.39, 0.29) is 12.2 Å². The maximum atomic E-state index is 11.9. The molecule has 0 heterocycles. The van der Waals surface area contributed by atoms with E-state index in [0.29, 0.717) is 11.1 Å². The van der Waals surface area contributed by atoms with Crippen molar-refractivity contribution in [3.8, 4) is 6.07 Å². The largest absolute Gasteiger partial charge is 0.462 e. The number of rotatable bonds is 4. The van der Waals surface area contributed by atoms with Gasteiger partial charge in [0.25, 0.3) is 0 Å². The average Bonchev–Trinajstić information content (AvgIpc) is 2.53. The zero-order valence-corrected chi connectivity index (χ0v) is 10.2. The molecule has 0 radical (unpaired) electrons. The highest BCUT2D eigenvalue weighted by atomic mass is 16.5. The lowest BCUT2D eigenvalue weighted by Crippen LogP contribution is -2.08. The van der Waals surface area contributed by atoms with Gasteiger partial charge in [-0.3, -0.25) is 0 Å². The molecule has 0 aliphatic carbocycles. The first kappa shape index (κ1) is 10.3. The van der Waals surface area contributed by atoms with E-state index in [9.17, 15) is 4.79 Å². The van der Waals surface area contributed by atoms with Gasteiger partial charge in [0.05, 0.1) is 23.8 Å². The van der Waals surface area contributed by atoms with E-state index >= 15 is 0 Å². The van der Waals surface area contributed by atoms with Crippen molar-refractivity contribution >= 4 is 5.97 Å². The summed E-state index contributed by atoms with van der Waals surface area (Å²) in [7, 11) is 0. The predicted octanol–water partition coefficient (Wildman–Crippen LogP) is 2.96. The molecule has 2 rings (SSSR count). The summed E-state index contributed by atoms with van der Waals surface area (Å²) in [5, 5.41) is 8.69. The molecular formula is C16H13NO2. The molecule has 3 heteroatoms. The summed E-state index contributed by atoms with van der Waals surface area (Å²) in [6, 6.07) is 16.5. The van der Waals surface area contributed by atoms with Gasteiger partial charge in [-0.2, -0.15) is 5.26 Å². The first-order chi connectivity index (χ1) is 10.0. The molecule has 19 heavy (non-hydrogen) atoms. The first-order valence-corrected chi connectivity index (χ1v) is 5.76. The zero-order chi connectivity index (χ0) is 15.3. The van der Waals surface area contributed by atoms with Gasteiger partial charge in [-0.25, -0.2) is 4.79 Å². The normalized spacial score (nSPS) is 11.9. The van der Waals surface area contributed by atoms with Crippen molar-refractivity contribution in [1.29, 1.82) is 5.26 Å². The van der Waals surface area contributed by atoms with E-state index < -0.39 is 12.3 Å². The molecule has 0 aliphatic rings. The van der Waals surface area contributed by atoms with Crippen LogP contribution in [0.5, 0.6) is 0 Å². The van der Waals surface area contributed by atoms with E-state index in [1.165, 1.54) is 24.3 Å². The molecule has 2 aromatic rings. The van der Waals surface area contributed by atoms with Crippen LogP contribution < -0.4 is 0 Å². The van der Waals surface area contributed by atoms with Crippen molar-refractivity contribution in [2.45, 2.75) is 6.37 Å². The van der Waals surface area contributed by atoms with Gasteiger partial charge in [0.2, 0.25) is 0 Å². The van der Waals surface area contributed by atoms with E-state index in [4.69, 9.17) is 12.7 Å². The molecule has 0 unspecified atom stereocenters. The van der Waals surface area contributed by atoms with Crippen molar-refractivity contribution in [1.82, 2.24) is 0 Å². The van der Waals surface area contributed by atoms with Crippen molar-refractivity contribution in [3.05, 3.63) is 71.3 Å². The first-order valence-electron chi connectivity index (χ1n) is 6.76. The second-order valence-electron chi connectivity index (χ2n) is 3.81. The van der Waals surface area contributed by atoms with Gasteiger partial charge in [0.15, 0.2) is 0 Å². The Bertz CT molecular complexity index is 661. The van der Waals surface area contributed by atoms with Crippen LogP contribution in [0.2, 0.25) is 0 Å². The number of hydrogen-bond donors (Lipinski definition) is 0. The van der Waals surface area contributed by atoms with Crippen molar-refractivity contribution < 1.29 is 12.3 Å². The van der Waals surface area contributed by atoms with Crippen LogP contribution in [0.15, 0.2) is 54.6 Å². The second-order valence-corrected chi connectivity index (χ2v) is 3.81. The van der Waals surface area contributed by atoms with E-state index in [0.717, 1.165) is 0 Å². The highest BCUT2D eigenvalue weighted by molar-refractivity contribution is 5.89. The number of carbonyl (C=O) groups is 1. The molecule has 2 aromatic carbocycles. The Morgan fingerprint density at radius 3 is 2.47 bits per heavy atom. The summed E-state index contributed by atoms with van der Waals surface area (Å²) in [5.74, 6) is -0.612. The van der Waals surface area contributed by atoms with Gasteiger partial charge >= 0.3 is 5.97 Å². The summed E-state index contributed by atoms with van der Waals surface area (Å²) in [6.07, 6.45) is -1.75. The molecule has 0 saturated heterocycles. The Hall–Kier alpha value is -2.60. The van der Waals surface area contributed by atoms with Gasteiger partial charge in [-0.1, -0.05) is 30.3 Å². The van der Waals surface area contributed by atoms with E-state index in [1.807, 2.05) is 6.07 Å². The van der Waals surface area contributed by atoms with Crippen molar-refractivity contribution in [2.75, 3.05) is 6.61 Å². The van der Waals surface area contributed by atoms with E-state index in [2.05, 4.69) is 0 Å². The SMILES string of the molecule is [2H]C([2H])(COC(=O)c1ccc(C#N)cc1)c1ccccc1. The molecule has 0 N–H and O–H groups in total. The topological polar surface area (TPSA) is 50.1 Å². The lowest BCUT2D eigenvalue weighted by molar-refractivity contribution is 0.0509. The third kappa shape index (κ3) is 3.68. The number of esters is 1. The predicted molar refractivity (Wildman–Crippen MR) is 71.6 cm³/mol. The van der Waals surface area contributed by atoms with Crippen LogP contribution in [-0.2, 0) is 11.1 Å². The third-order valence-electron chi connectivity index (χ3n) is 2.50. The summed E-state index contributed by atoms with van der Waals surface area (Å²) in [4.78, 5) is 11.9. The zero-order valence-electron chi connectivity index (χ0n) is 12.2. The third-order valence-corrected chi connectivity index (χ3v) is 2.50. The Balaban J connectivity index is 2.02. The molecule has 0 saturated carbocycles. The molecule has 3 nitrogen and oxygen atoms in total. The molecule has 0 amide bonds. The molecular weight excluding hydrogens is 238 g/mol.